The summed E-state index contributed by atoms with van der Waals surface area (Å²) in [5.74, 6) is 0.759. The molecule has 0 aliphatic heterocycles. The van der Waals surface area contributed by atoms with E-state index < -0.39 is 0 Å². The second-order valence-electron chi connectivity index (χ2n) is 3.18. The van der Waals surface area contributed by atoms with Crippen molar-refractivity contribution in [2.24, 2.45) is 4.99 Å². The van der Waals surface area contributed by atoms with Crippen molar-refractivity contribution in [3.8, 4) is 5.75 Å². The first kappa shape index (κ1) is 10.4. The molecule has 0 unspecified atom stereocenters. The van der Waals surface area contributed by atoms with Gasteiger partial charge in [-0.05, 0) is 24.3 Å². The van der Waals surface area contributed by atoms with Crippen LogP contribution < -0.4 is 4.74 Å². The molecule has 0 spiro atoms. The van der Waals surface area contributed by atoms with Crippen molar-refractivity contribution in [1.29, 1.82) is 0 Å². The lowest BCUT2D eigenvalue weighted by molar-refractivity contribution is 0.416. The summed E-state index contributed by atoms with van der Waals surface area (Å²) in [5, 5.41) is 0. The molecule has 1 aromatic carbocycles. The highest BCUT2D eigenvalue weighted by molar-refractivity contribution is 5.80. The molecule has 0 radical (unpaired) electrons. The molecule has 0 aliphatic carbocycles. The van der Waals surface area contributed by atoms with Gasteiger partial charge < -0.3 is 4.74 Å². The van der Waals surface area contributed by atoms with Crippen LogP contribution in [0.4, 0.5) is 5.69 Å². The Morgan fingerprint density at radius 2 is 1.94 bits per heavy atom. The zero-order valence-corrected chi connectivity index (χ0v) is 9.00. The average molecular weight is 212 g/mol. The Balaban J connectivity index is 2.24. The Morgan fingerprint density at radius 1 is 1.12 bits per heavy atom. The standard InChI is InChI=1S/C13H12N2O/c1-16-13-8-3-2-7-12(13)15-10-11-6-4-5-9-14-11/h2-10H,1H3/b15-10+. The smallest absolute Gasteiger partial charge is 0.144 e. The van der Waals surface area contributed by atoms with Crippen molar-refractivity contribution in [2.75, 3.05) is 7.11 Å². The van der Waals surface area contributed by atoms with Crippen LogP contribution in [0.15, 0.2) is 53.7 Å². The van der Waals surface area contributed by atoms with Crippen molar-refractivity contribution in [3.63, 3.8) is 0 Å². The van der Waals surface area contributed by atoms with E-state index >= 15 is 0 Å². The molecule has 0 aliphatic rings. The molecule has 0 atom stereocenters. The van der Waals surface area contributed by atoms with E-state index in [1.165, 1.54) is 0 Å². The first-order valence-electron chi connectivity index (χ1n) is 4.98. The Hall–Kier alpha value is -2.16. The number of aliphatic imine (C=N–C) groups is 1. The number of methoxy groups -OCH3 is 1. The molecule has 3 heteroatoms. The molecule has 80 valence electrons. The fourth-order valence-corrected chi connectivity index (χ4v) is 1.32. The summed E-state index contributed by atoms with van der Waals surface area (Å²) in [5.41, 5.74) is 1.63. The molecule has 0 bridgehead atoms. The van der Waals surface area contributed by atoms with Gasteiger partial charge in [0.05, 0.1) is 19.0 Å². The van der Waals surface area contributed by atoms with Crippen molar-refractivity contribution < 1.29 is 4.74 Å². The van der Waals surface area contributed by atoms with Gasteiger partial charge in [0.2, 0.25) is 0 Å². The summed E-state index contributed by atoms with van der Waals surface area (Å²) < 4.78 is 5.20. The van der Waals surface area contributed by atoms with Crippen molar-refractivity contribution in [1.82, 2.24) is 4.98 Å². The number of para-hydroxylation sites is 2. The Kier molecular flexibility index (Phi) is 3.28. The number of benzene rings is 1. The third-order valence-corrected chi connectivity index (χ3v) is 2.11. The number of ether oxygens (including phenoxy) is 1. The molecule has 2 rings (SSSR count). The van der Waals surface area contributed by atoms with Gasteiger partial charge in [-0.3, -0.25) is 9.98 Å². The SMILES string of the molecule is COc1ccccc1/N=C/c1ccccn1. The summed E-state index contributed by atoms with van der Waals surface area (Å²) in [6, 6.07) is 13.3. The maximum absolute atomic E-state index is 5.20. The molecule has 0 N–H and O–H groups in total. The fraction of sp³-hybridized carbons (Fsp3) is 0.0769. The molecular formula is C13H12N2O. The van der Waals surface area contributed by atoms with Gasteiger partial charge in [0.25, 0.3) is 0 Å². The monoisotopic (exact) mass is 212 g/mol. The molecule has 3 nitrogen and oxygen atoms in total. The first-order valence-corrected chi connectivity index (χ1v) is 4.98. The van der Waals surface area contributed by atoms with E-state index in [4.69, 9.17) is 4.74 Å². The lowest BCUT2D eigenvalue weighted by Crippen LogP contribution is -1.86. The number of nitrogens with zero attached hydrogens (tertiary/aromatic N) is 2. The van der Waals surface area contributed by atoms with Gasteiger partial charge in [0.15, 0.2) is 0 Å². The van der Waals surface area contributed by atoms with Gasteiger partial charge in [-0.2, -0.15) is 0 Å². The summed E-state index contributed by atoms with van der Waals surface area (Å²) in [7, 11) is 1.63. The Labute approximate surface area is 94.4 Å². The summed E-state index contributed by atoms with van der Waals surface area (Å²) in [6.45, 7) is 0. The molecule has 0 saturated heterocycles. The van der Waals surface area contributed by atoms with Gasteiger partial charge >= 0.3 is 0 Å². The number of hydrogen-bond acceptors (Lipinski definition) is 3. The quantitative estimate of drug-likeness (QED) is 0.733. The van der Waals surface area contributed by atoms with Crippen LogP contribution in [0.1, 0.15) is 5.69 Å². The molecule has 16 heavy (non-hydrogen) atoms. The molecular weight excluding hydrogens is 200 g/mol. The largest absolute Gasteiger partial charge is 0.494 e. The molecule has 0 saturated carbocycles. The second-order valence-corrected chi connectivity index (χ2v) is 3.18. The second kappa shape index (κ2) is 5.07. The highest BCUT2D eigenvalue weighted by atomic mass is 16.5. The molecule has 2 aromatic rings. The summed E-state index contributed by atoms with van der Waals surface area (Å²) in [4.78, 5) is 8.49. The minimum atomic E-state index is 0.759. The van der Waals surface area contributed by atoms with Crippen LogP contribution in [0.3, 0.4) is 0 Å². The minimum Gasteiger partial charge on any atom is -0.494 e. The minimum absolute atomic E-state index is 0.759. The highest BCUT2D eigenvalue weighted by Crippen LogP contribution is 2.25. The molecule has 0 amide bonds. The van der Waals surface area contributed by atoms with Crippen molar-refractivity contribution in [3.05, 3.63) is 54.4 Å². The zero-order chi connectivity index (χ0) is 11.2. The maximum atomic E-state index is 5.20. The van der Waals surface area contributed by atoms with E-state index in [9.17, 15) is 0 Å². The van der Waals surface area contributed by atoms with E-state index in [0.717, 1.165) is 17.1 Å². The van der Waals surface area contributed by atoms with Crippen LogP contribution in [-0.2, 0) is 0 Å². The van der Waals surface area contributed by atoms with Crippen LogP contribution in [0.2, 0.25) is 0 Å². The number of rotatable bonds is 3. The van der Waals surface area contributed by atoms with Crippen molar-refractivity contribution >= 4 is 11.9 Å². The fourth-order valence-electron chi connectivity index (χ4n) is 1.32. The van der Waals surface area contributed by atoms with Crippen molar-refractivity contribution in [2.45, 2.75) is 0 Å². The Bertz CT molecular complexity index is 480. The van der Waals surface area contributed by atoms with Gasteiger partial charge in [-0.15, -0.1) is 0 Å². The number of pyridine rings is 1. The first-order chi connectivity index (χ1) is 7.90. The number of aromatic nitrogens is 1. The van der Waals surface area contributed by atoms with Gasteiger partial charge in [0.1, 0.15) is 11.4 Å². The molecule has 0 fully saturated rings. The van der Waals surface area contributed by atoms with Crippen LogP contribution in [0.5, 0.6) is 5.75 Å². The van der Waals surface area contributed by atoms with Crippen LogP contribution in [-0.4, -0.2) is 18.3 Å². The van der Waals surface area contributed by atoms with E-state index in [1.807, 2.05) is 42.5 Å². The molecule has 1 aromatic heterocycles. The van der Waals surface area contributed by atoms with E-state index in [0.29, 0.717) is 0 Å². The normalized spacial score (nSPS) is 10.6. The Morgan fingerprint density at radius 3 is 2.69 bits per heavy atom. The van der Waals surface area contributed by atoms with Gasteiger partial charge in [-0.25, -0.2) is 0 Å². The third kappa shape index (κ3) is 2.45. The van der Waals surface area contributed by atoms with Gasteiger partial charge in [-0.1, -0.05) is 18.2 Å². The topological polar surface area (TPSA) is 34.5 Å². The van der Waals surface area contributed by atoms with Crippen LogP contribution in [0, 0.1) is 0 Å². The van der Waals surface area contributed by atoms with Crippen LogP contribution >= 0.6 is 0 Å². The molecule has 1 heterocycles. The van der Waals surface area contributed by atoms with Crippen LogP contribution in [0.25, 0.3) is 0 Å². The zero-order valence-electron chi connectivity index (χ0n) is 9.00. The lowest BCUT2D eigenvalue weighted by atomic mass is 10.3. The average Bonchev–Trinajstić information content (AvgIpc) is 2.38. The predicted molar refractivity (Wildman–Crippen MR) is 64.5 cm³/mol. The van der Waals surface area contributed by atoms with Gasteiger partial charge in [0, 0.05) is 6.20 Å². The lowest BCUT2D eigenvalue weighted by Gasteiger charge is -2.02. The van der Waals surface area contributed by atoms with E-state index in [-0.39, 0.29) is 0 Å². The van der Waals surface area contributed by atoms with E-state index in [1.54, 1.807) is 19.5 Å². The number of hydrogen-bond donors (Lipinski definition) is 0. The summed E-state index contributed by atoms with van der Waals surface area (Å²) >= 11 is 0. The highest BCUT2D eigenvalue weighted by Gasteiger charge is 1.97. The predicted octanol–water partition coefficient (Wildman–Crippen LogP) is 2.84. The third-order valence-electron chi connectivity index (χ3n) is 2.11. The maximum Gasteiger partial charge on any atom is 0.144 e. The van der Waals surface area contributed by atoms with E-state index in [2.05, 4.69) is 9.98 Å². The summed E-state index contributed by atoms with van der Waals surface area (Å²) in [6.07, 6.45) is 3.46.